The van der Waals surface area contributed by atoms with E-state index in [-0.39, 0.29) is 0 Å². The lowest BCUT2D eigenvalue weighted by molar-refractivity contribution is 0.202. The van der Waals surface area contributed by atoms with Crippen molar-refractivity contribution in [1.29, 1.82) is 0 Å². The Labute approximate surface area is 119 Å². The average Bonchev–Trinajstić information content (AvgIpc) is 2.45. The van der Waals surface area contributed by atoms with Gasteiger partial charge < -0.3 is 10.5 Å². The lowest BCUT2D eigenvalue weighted by Gasteiger charge is -2.09. The number of halogens is 1. The molecule has 0 atom stereocenters. The summed E-state index contributed by atoms with van der Waals surface area (Å²) in [5, 5.41) is 0.723. The van der Waals surface area contributed by atoms with Crippen LogP contribution in [0.2, 0.25) is 5.02 Å². The van der Waals surface area contributed by atoms with E-state index in [1.54, 1.807) is 7.11 Å². The Hall–Kier alpha value is -1.35. The standard InChI is InChI=1S/C16H18ClNO/c1-19-9-8-12-2-4-13(5-3-12)16-7-6-15(17)10-14(16)11-18/h2-7,10H,8-9,11,18H2,1H3. The molecular weight excluding hydrogens is 258 g/mol. The predicted molar refractivity (Wildman–Crippen MR) is 80.4 cm³/mol. The molecular formula is C16H18ClNO. The van der Waals surface area contributed by atoms with Crippen molar-refractivity contribution in [3.05, 3.63) is 58.6 Å². The SMILES string of the molecule is COCCc1ccc(-c2ccc(Cl)cc2CN)cc1. The van der Waals surface area contributed by atoms with Gasteiger partial charge in [0.25, 0.3) is 0 Å². The fraction of sp³-hybridized carbons (Fsp3) is 0.250. The van der Waals surface area contributed by atoms with E-state index in [1.165, 1.54) is 11.1 Å². The van der Waals surface area contributed by atoms with Crippen LogP contribution in [-0.2, 0) is 17.7 Å². The van der Waals surface area contributed by atoms with Gasteiger partial charge in [-0.3, -0.25) is 0 Å². The number of hydrogen-bond donors (Lipinski definition) is 1. The first-order chi connectivity index (χ1) is 9.24. The van der Waals surface area contributed by atoms with Crippen LogP contribution in [0.3, 0.4) is 0 Å². The minimum Gasteiger partial charge on any atom is -0.384 e. The molecule has 0 bridgehead atoms. The highest BCUT2D eigenvalue weighted by Crippen LogP contribution is 2.26. The van der Waals surface area contributed by atoms with Gasteiger partial charge >= 0.3 is 0 Å². The molecule has 0 saturated carbocycles. The van der Waals surface area contributed by atoms with E-state index in [9.17, 15) is 0 Å². The van der Waals surface area contributed by atoms with E-state index in [0.717, 1.165) is 29.2 Å². The third-order valence-corrected chi connectivity index (χ3v) is 3.38. The van der Waals surface area contributed by atoms with Crippen molar-refractivity contribution in [3.8, 4) is 11.1 Å². The number of benzene rings is 2. The molecule has 2 N–H and O–H groups in total. The fourth-order valence-electron chi connectivity index (χ4n) is 2.08. The largest absolute Gasteiger partial charge is 0.384 e. The van der Waals surface area contributed by atoms with Crippen LogP contribution >= 0.6 is 11.6 Å². The van der Waals surface area contributed by atoms with Gasteiger partial charge in [0.05, 0.1) is 6.61 Å². The Morgan fingerprint density at radius 1 is 1.11 bits per heavy atom. The molecule has 0 fully saturated rings. The molecule has 0 aliphatic rings. The lowest BCUT2D eigenvalue weighted by Crippen LogP contribution is -1.99. The maximum atomic E-state index is 6.00. The van der Waals surface area contributed by atoms with Crippen molar-refractivity contribution >= 4 is 11.6 Å². The van der Waals surface area contributed by atoms with Crippen LogP contribution in [0, 0.1) is 0 Å². The molecule has 0 saturated heterocycles. The van der Waals surface area contributed by atoms with E-state index >= 15 is 0 Å². The zero-order chi connectivity index (χ0) is 13.7. The molecule has 0 amide bonds. The summed E-state index contributed by atoms with van der Waals surface area (Å²) < 4.78 is 5.08. The van der Waals surface area contributed by atoms with Gasteiger partial charge in [-0.1, -0.05) is 41.9 Å². The van der Waals surface area contributed by atoms with Gasteiger partial charge in [0, 0.05) is 18.7 Å². The first-order valence-corrected chi connectivity index (χ1v) is 6.69. The molecule has 2 aromatic carbocycles. The summed E-state index contributed by atoms with van der Waals surface area (Å²) in [7, 11) is 1.72. The van der Waals surface area contributed by atoms with Crippen molar-refractivity contribution in [2.24, 2.45) is 5.73 Å². The highest BCUT2D eigenvalue weighted by molar-refractivity contribution is 6.30. The van der Waals surface area contributed by atoms with Crippen molar-refractivity contribution in [3.63, 3.8) is 0 Å². The quantitative estimate of drug-likeness (QED) is 0.904. The Bertz CT molecular complexity index is 537. The molecule has 0 heterocycles. The monoisotopic (exact) mass is 275 g/mol. The highest BCUT2D eigenvalue weighted by atomic mass is 35.5. The van der Waals surface area contributed by atoms with Gasteiger partial charge in [-0.25, -0.2) is 0 Å². The smallest absolute Gasteiger partial charge is 0.0502 e. The zero-order valence-corrected chi connectivity index (χ0v) is 11.8. The van der Waals surface area contributed by atoms with Gasteiger partial charge in [0.2, 0.25) is 0 Å². The van der Waals surface area contributed by atoms with E-state index in [0.29, 0.717) is 6.54 Å². The van der Waals surface area contributed by atoms with Crippen LogP contribution in [0.25, 0.3) is 11.1 Å². The number of nitrogens with two attached hydrogens (primary N) is 1. The lowest BCUT2D eigenvalue weighted by atomic mass is 9.98. The molecule has 0 aliphatic carbocycles. The highest BCUT2D eigenvalue weighted by Gasteiger charge is 2.05. The zero-order valence-electron chi connectivity index (χ0n) is 11.0. The normalized spacial score (nSPS) is 10.7. The van der Waals surface area contributed by atoms with E-state index in [1.807, 2.05) is 18.2 Å². The molecule has 0 spiro atoms. The third kappa shape index (κ3) is 3.57. The molecule has 2 nitrogen and oxygen atoms in total. The minimum absolute atomic E-state index is 0.487. The number of ether oxygens (including phenoxy) is 1. The van der Waals surface area contributed by atoms with E-state index < -0.39 is 0 Å². The molecule has 3 heteroatoms. The van der Waals surface area contributed by atoms with Crippen LogP contribution in [0.1, 0.15) is 11.1 Å². The molecule has 2 aromatic rings. The molecule has 19 heavy (non-hydrogen) atoms. The Morgan fingerprint density at radius 3 is 2.47 bits per heavy atom. The fourth-order valence-corrected chi connectivity index (χ4v) is 2.28. The van der Waals surface area contributed by atoms with Crippen LogP contribution in [0.4, 0.5) is 0 Å². The van der Waals surface area contributed by atoms with Crippen LogP contribution in [-0.4, -0.2) is 13.7 Å². The maximum absolute atomic E-state index is 6.00. The summed E-state index contributed by atoms with van der Waals surface area (Å²) in [6.45, 7) is 1.23. The minimum atomic E-state index is 0.487. The second kappa shape index (κ2) is 6.71. The Balaban J connectivity index is 2.26. The molecule has 0 unspecified atom stereocenters. The van der Waals surface area contributed by atoms with Crippen molar-refractivity contribution < 1.29 is 4.74 Å². The maximum Gasteiger partial charge on any atom is 0.0502 e. The van der Waals surface area contributed by atoms with Crippen LogP contribution in [0.15, 0.2) is 42.5 Å². The first-order valence-electron chi connectivity index (χ1n) is 6.31. The van der Waals surface area contributed by atoms with Gasteiger partial charge in [-0.2, -0.15) is 0 Å². The van der Waals surface area contributed by atoms with Crippen molar-refractivity contribution in [2.45, 2.75) is 13.0 Å². The second-order valence-corrected chi connectivity index (χ2v) is 4.88. The van der Waals surface area contributed by atoms with Crippen molar-refractivity contribution in [2.75, 3.05) is 13.7 Å². The number of hydrogen-bond acceptors (Lipinski definition) is 2. The third-order valence-electron chi connectivity index (χ3n) is 3.15. The Morgan fingerprint density at radius 2 is 1.84 bits per heavy atom. The first kappa shape index (κ1) is 14.1. The van der Waals surface area contributed by atoms with E-state index in [4.69, 9.17) is 22.1 Å². The van der Waals surface area contributed by atoms with Gasteiger partial charge in [0.1, 0.15) is 0 Å². The molecule has 0 aromatic heterocycles. The van der Waals surface area contributed by atoms with Crippen molar-refractivity contribution in [1.82, 2.24) is 0 Å². The van der Waals surface area contributed by atoms with Gasteiger partial charge in [-0.05, 0) is 40.8 Å². The topological polar surface area (TPSA) is 35.2 Å². The summed E-state index contributed by atoms with van der Waals surface area (Å²) in [5.74, 6) is 0. The Kier molecular flexibility index (Phi) is 4.97. The number of rotatable bonds is 5. The molecule has 100 valence electrons. The van der Waals surface area contributed by atoms with Crippen LogP contribution < -0.4 is 5.73 Å². The van der Waals surface area contributed by atoms with Gasteiger partial charge in [-0.15, -0.1) is 0 Å². The average molecular weight is 276 g/mol. The summed E-state index contributed by atoms with van der Waals surface area (Å²) in [6.07, 6.45) is 0.932. The molecule has 0 aliphatic heterocycles. The summed E-state index contributed by atoms with van der Waals surface area (Å²) in [4.78, 5) is 0. The van der Waals surface area contributed by atoms with E-state index in [2.05, 4.69) is 24.3 Å². The molecule has 0 radical (unpaired) electrons. The second-order valence-electron chi connectivity index (χ2n) is 4.45. The summed E-state index contributed by atoms with van der Waals surface area (Å²) in [5.41, 5.74) is 10.4. The van der Waals surface area contributed by atoms with Gasteiger partial charge in [0.15, 0.2) is 0 Å². The summed E-state index contributed by atoms with van der Waals surface area (Å²) >= 11 is 6.00. The number of methoxy groups -OCH3 is 1. The predicted octanol–water partition coefficient (Wildman–Crippen LogP) is 3.65. The molecule has 2 rings (SSSR count). The summed E-state index contributed by atoms with van der Waals surface area (Å²) in [6, 6.07) is 14.3. The van der Waals surface area contributed by atoms with Crippen LogP contribution in [0.5, 0.6) is 0 Å².